The van der Waals surface area contributed by atoms with Gasteiger partial charge in [-0.2, -0.15) is 0 Å². The largest absolute Gasteiger partial charge is 0.378 e. The minimum absolute atomic E-state index is 0.465. The van der Waals surface area contributed by atoms with Gasteiger partial charge in [0, 0.05) is 11.6 Å². The third kappa shape index (κ3) is 4.10. The van der Waals surface area contributed by atoms with Gasteiger partial charge < -0.3 is 5.32 Å². The lowest BCUT2D eigenvalue weighted by atomic mass is 9.89. The SMILES string of the molecule is C=CC(CC(=C)C1NC2=C(CCCC2)P1)/C(=C\CC)CC. The van der Waals surface area contributed by atoms with Crippen LogP contribution in [-0.4, -0.2) is 5.78 Å². The molecule has 2 heteroatoms. The van der Waals surface area contributed by atoms with Crippen LogP contribution in [0, 0.1) is 5.92 Å². The minimum Gasteiger partial charge on any atom is -0.378 e. The van der Waals surface area contributed by atoms with Crippen molar-refractivity contribution in [2.75, 3.05) is 0 Å². The first kappa shape index (κ1) is 16.6. The first-order chi connectivity index (χ1) is 10.2. The Bertz CT molecular complexity index is 440. The zero-order chi connectivity index (χ0) is 15.2. The van der Waals surface area contributed by atoms with Crippen molar-refractivity contribution in [2.45, 2.75) is 64.6 Å². The summed E-state index contributed by atoms with van der Waals surface area (Å²) in [4.78, 5) is 0. The van der Waals surface area contributed by atoms with E-state index in [1.54, 1.807) is 11.0 Å². The van der Waals surface area contributed by atoms with Gasteiger partial charge >= 0.3 is 0 Å². The van der Waals surface area contributed by atoms with Gasteiger partial charge in [-0.25, -0.2) is 0 Å². The molecule has 1 aliphatic carbocycles. The van der Waals surface area contributed by atoms with Gasteiger partial charge in [-0.1, -0.05) is 52.3 Å². The fraction of sp³-hybridized carbons (Fsp3) is 0.579. The van der Waals surface area contributed by atoms with E-state index in [1.807, 2.05) is 0 Å². The summed E-state index contributed by atoms with van der Waals surface area (Å²) in [5.41, 5.74) is 4.43. The maximum Gasteiger partial charge on any atom is 0.0675 e. The Kier molecular flexibility index (Phi) is 6.30. The lowest BCUT2D eigenvalue weighted by Gasteiger charge is -2.22. The van der Waals surface area contributed by atoms with E-state index in [9.17, 15) is 0 Å². The van der Waals surface area contributed by atoms with Crippen molar-refractivity contribution in [3.05, 3.63) is 47.5 Å². The van der Waals surface area contributed by atoms with Gasteiger partial charge in [-0.05, 0) is 50.3 Å². The topological polar surface area (TPSA) is 12.0 Å². The molecular formula is C19H30NP. The van der Waals surface area contributed by atoms with Gasteiger partial charge in [0.05, 0.1) is 5.78 Å². The molecule has 0 aromatic heterocycles. The molecule has 0 bridgehead atoms. The van der Waals surface area contributed by atoms with Crippen molar-refractivity contribution < 1.29 is 0 Å². The van der Waals surface area contributed by atoms with Crippen LogP contribution >= 0.6 is 8.58 Å². The van der Waals surface area contributed by atoms with Crippen LogP contribution in [0.15, 0.2) is 47.5 Å². The molecule has 1 N–H and O–H groups in total. The second kappa shape index (κ2) is 7.99. The van der Waals surface area contributed by atoms with Gasteiger partial charge in [-0.15, -0.1) is 6.58 Å². The predicted molar refractivity (Wildman–Crippen MR) is 96.8 cm³/mol. The molecular weight excluding hydrogens is 273 g/mol. The standard InChI is InChI=1S/C19H30NP/c1-5-10-15(6-2)16(7-3)13-14(4)19-20-17-11-8-9-12-18(17)21-19/h7,10,16,19-21H,3-6,8-9,11-13H2,1-2H3/b15-10-. The number of allylic oxidation sites excluding steroid dienone is 5. The van der Waals surface area contributed by atoms with Crippen molar-refractivity contribution in [1.82, 2.24) is 5.32 Å². The Morgan fingerprint density at radius 2 is 2.14 bits per heavy atom. The zero-order valence-corrected chi connectivity index (χ0v) is 14.7. The molecule has 0 aromatic rings. The highest BCUT2D eigenvalue weighted by Crippen LogP contribution is 2.47. The van der Waals surface area contributed by atoms with E-state index < -0.39 is 0 Å². The van der Waals surface area contributed by atoms with E-state index in [4.69, 9.17) is 0 Å². The van der Waals surface area contributed by atoms with Gasteiger partial charge in [0.1, 0.15) is 0 Å². The molecule has 0 saturated heterocycles. The Labute approximate surface area is 132 Å². The van der Waals surface area contributed by atoms with Gasteiger partial charge in [0.25, 0.3) is 0 Å². The highest BCUT2D eigenvalue weighted by Gasteiger charge is 2.27. The quantitative estimate of drug-likeness (QED) is 0.458. The van der Waals surface area contributed by atoms with Gasteiger partial charge in [0.2, 0.25) is 0 Å². The molecule has 0 radical (unpaired) electrons. The van der Waals surface area contributed by atoms with Crippen LogP contribution in [0.1, 0.15) is 58.8 Å². The fourth-order valence-corrected chi connectivity index (χ4v) is 5.01. The van der Waals surface area contributed by atoms with Crippen molar-refractivity contribution >= 4 is 8.58 Å². The highest BCUT2D eigenvalue weighted by atomic mass is 31.1. The van der Waals surface area contributed by atoms with E-state index in [0.29, 0.717) is 11.7 Å². The van der Waals surface area contributed by atoms with E-state index in [1.165, 1.54) is 36.8 Å². The smallest absolute Gasteiger partial charge is 0.0675 e. The third-order valence-electron chi connectivity index (χ3n) is 4.63. The number of hydrogen-bond acceptors (Lipinski definition) is 1. The van der Waals surface area contributed by atoms with E-state index in [-0.39, 0.29) is 0 Å². The number of nitrogens with one attached hydrogen (secondary N) is 1. The Morgan fingerprint density at radius 1 is 1.38 bits per heavy atom. The molecule has 1 aliphatic heterocycles. The van der Waals surface area contributed by atoms with Crippen LogP contribution < -0.4 is 5.32 Å². The van der Waals surface area contributed by atoms with Crippen LogP contribution in [-0.2, 0) is 0 Å². The second-order valence-electron chi connectivity index (χ2n) is 6.13. The Hall–Kier alpha value is -0.810. The summed E-state index contributed by atoms with van der Waals surface area (Å²) in [5, 5.41) is 5.45. The van der Waals surface area contributed by atoms with Crippen LogP contribution in [0.5, 0.6) is 0 Å². The van der Waals surface area contributed by atoms with Crippen LogP contribution in [0.3, 0.4) is 0 Å². The molecule has 1 heterocycles. The summed E-state index contributed by atoms with van der Waals surface area (Å²) in [5.74, 6) is 0.960. The van der Waals surface area contributed by atoms with Crippen molar-refractivity contribution in [1.29, 1.82) is 0 Å². The maximum absolute atomic E-state index is 4.40. The summed E-state index contributed by atoms with van der Waals surface area (Å²) >= 11 is 0. The monoisotopic (exact) mass is 303 g/mol. The molecule has 3 atom stereocenters. The van der Waals surface area contributed by atoms with E-state index >= 15 is 0 Å². The van der Waals surface area contributed by atoms with Crippen molar-refractivity contribution in [2.24, 2.45) is 5.92 Å². The minimum atomic E-state index is 0.465. The van der Waals surface area contributed by atoms with Crippen LogP contribution in [0.4, 0.5) is 0 Å². The third-order valence-corrected chi connectivity index (χ3v) is 6.37. The van der Waals surface area contributed by atoms with Crippen LogP contribution in [0.2, 0.25) is 0 Å². The summed E-state index contributed by atoms with van der Waals surface area (Å²) < 4.78 is 0. The first-order valence-electron chi connectivity index (χ1n) is 8.43. The number of hydrogen-bond donors (Lipinski definition) is 1. The van der Waals surface area contributed by atoms with Crippen LogP contribution in [0.25, 0.3) is 0 Å². The molecule has 116 valence electrons. The lowest BCUT2D eigenvalue weighted by Crippen LogP contribution is -2.23. The molecule has 0 fully saturated rings. The average molecular weight is 303 g/mol. The normalized spacial score (nSPS) is 24.7. The van der Waals surface area contributed by atoms with Gasteiger partial charge in [-0.3, -0.25) is 0 Å². The molecule has 21 heavy (non-hydrogen) atoms. The molecule has 0 amide bonds. The molecule has 0 spiro atoms. The van der Waals surface area contributed by atoms with E-state index in [0.717, 1.165) is 27.8 Å². The molecule has 3 unspecified atom stereocenters. The van der Waals surface area contributed by atoms with Gasteiger partial charge in [0.15, 0.2) is 0 Å². The van der Waals surface area contributed by atoms with Crippen molar-refractivity contribution in [3.63, 3.8) is 0 Å². The molecule has 2 rings (SSSR count). The average Bonchev–Trinajstić information content (AvgIpc) is 2.94. The predicted octanol–water partition coefficient (Wildman–Crippen LogP) is 5.87. The Balaban J connectivity index is 1.95. The summed E-state index contributed by atoms with van der Waals surface area (Å²) in [7, 11) is 0.921. The number of rotatable bonds is 7. The summed E-state index contributed by atoms with van der Waals surface area (Å²) in [6.07, 6.45) is 13.1. The molecule has 0 saturated carbocycles. The highest BCUT2D eigenvalue weighted by molar-refractivity contribution is 7.44. The fourth-order valence-electron chi connectivity index (χ4n) is 3.40. The van der Waals surface area contributed by atoms with Crippen molar-refractivity contribution in [3.8, 4) is 0 Å². The zero-order valence-electron chi connectivity index (χ0n) is 13.7. The Morgan fingerprint density at radius 3 is 2.76 bits per heavy atom. The summed E-state index contributed by atoms with van der Waals surface area (Å²) in [6, 6.07) is 0. The van der Waals surface area contributed by atoms with E-state index in [2.05, 4.69) is 44.5 Å². The summed E-state index contributed by atoms with van der Waals surface area (Å²) in [6.45, 7) is 12.9. The lowest BCUT2D eigenvalue weighted by molar-refractivity contribution is 0.633. The molecule has 0 aromatic carbocycles. The molecule has 2 aliphatic rings. The molecule has 1 nitrogen and oxygen atoms in total. The first-order valence-corrected chi connectivity index (χ1v) is 9.51. The second-order valence-corrected chi connectivity index (χ2v) is 7.60. The maximum atomic E-state index is 4.40.